The molecule has 2 aromatic heterocycles. The molecule has 0 atom stereocenters. The molecule has 5 aromatic rings. The van der Waals surface area contributed by atoms with Crippen LogP contribution < -0.4 is 19.5 Å². The van der Waals surface area contributed by atoms with E-state index in [0.29, 0.717) is 40.0 Å². The third kappa shape index (κ3) is 3.73. The molecular weight excluding hydrogens is 434 g/mol. The molecule has 2 heterocycles. The molecule has 3 aromatic carbocycles. The number of aryl methyl sites for hydroxylation is 1. The van der Waals surface area contributed by atoms with E-state index < -0.39 is 0 Å². The van der Waals surface area contributed by atoms with Gasteiger partial charge < -0.3 is 19.5 Å². The number of benzene rings is 3. The summed E-state index contributed by atoms with van der Waals surface area (Å²) in [6, 6.07) is 19.9. The average Bonchev–Trinajstić information content (AvgIpc) is 3.26. The second kappa shape index (κ2) is 8.70. The van der Waals surface area contributed by atoms with E-state index in [1.165, 1.54) is 14.2 Å². The second-order valence-corrected chi connectivity index (χ2v) is 7.43. The van der Waals surface area contributed by atoms with Crippen LogP contribution in [0.5, 0.6) is 23.1 Å². The lowest BCUT2D eigenvalue weighted by Gasteiger charge is -2.13. The molecule has 0 radical (unpaired) electrons. The fourth-order valence-electron chi connectivity index (χ4n) is 3.75. The average molecular weight is 455 g/mol. The monoisotopic (exact) mass is 455 g/mol. The molecule has 1 N–H and O–H groups in total. The predicted molar refractivity (Wildman–Crippen MR) is 127 cm³/mol. The van der Waals surface area contributed by atoms with Crippen molar-refractivity contribution in [3.8, 4) is 23.1 Å². The first-order chi connectivity index (χ1) is 16.6. The van der Waals surface area contributed by atoms with Crippen LogP contribution in [0.25, 0.3) is 16.7 Å². The number of para-hydroxylation sites is 2. The van der Waals surface area contributed by atoms with Gasteiger partial charge in [-0.1, -0.05) is 18.2 Å². The van der Waals surface area contributed by atoms with E-state index in [1.54, 1.807) is 42.5 Å². The van der Waals surface area contributed by atoms with Crippen LogP contribution in [-0.4, -0.2) is 39.7 Å². The molecule has 0 bridgehead atoms. The molecule has 5 rings (SSSR count). The van der Waals surface area contributed by atoms with E-state index in [1.807, 2.05) is 35.6 Å². The molecule has 1 amide bonds. The molecule has 0 unspecified atom stereocenters. The number of rotatable bonds is 6. The standard InChI is InChI=1S/C25H21N5O4/c1-15-28-29-23-25(27-18-7-4-5-8-19(18)30(15)23)34-17-13-11-16(12-14-17)26-24(31)22-20(32-2)9-6-10-21(22)33-3/h4-14H,1-3H3,(H,26,31). The number of aromatic nitrogens is 4. The Morgan fingerprint density at radius 3 is 2.29 bits per heavy atom. The summed E-state index contributed by atoms with van der Waals surface area (Å²) in [6.45, 7) is 1.88. The topological polar surface area (TPSA) is 99.9 Å². The third-order valence-corrected chi connectivity index (χ3v) is 5.34. The van der Waals surface area contributed by atoms with E-state index in [0.717, 1.165) is 16.9 Å². The minimum absolute atomic E-state index is 0.317. The Morgan fingerprint density at radius 2 is 1.59 bits per heavy atom. The van der Waals surface area contributed by atoms with Gasteiger partial charge in [-0.25, -0.2) is 4.98 Å². The summed E-state index contributed by atoms with van der Waals surface area (Å²) in [7, 11) is 3.01. The number of ether oxygens (including phenoxy) is 3. The molecule has 170 valence electrons. The van der Waals surface area contributed by atoms with Crippen molar-refractivity contribution in [3.05, 3.63) is 78.1 Å². The fourth-order valence-corrected chi connectivity index (χ4v) is 3.75. The minimum Gasteiger partial charge on any atom is -0.496 e. The van der Waals surface area contributed by atoms with Gasteiger partial charge in [0.05, 0.1) is 25.3 Å². The highest BCUT2D eigenvalue weighted by Gasteiger charge is 2.19. The molecule has 0 aliphatic carbocycles. The highest BCUT2D eigenvalue weighted by molar-refractivity contribution is 6.08. The number of anilines is 1. The Labute approximate surface area is 194 Å². The van der Waals surface area contributed by atoms with Crippen LogP contribution in [-0.2, 0) is 0 Å². The van der Waals surface area contributed by atoms with Crippen molar-refractivity contribution >= 4 is 28.3 Å². The maximum Gasteiger partial charge on any atom is 0.266 e. The van der Waals surface area contributed by atoms with Gasteiger partial charge in [-0.15, -0.1) is 10.2 Å². The zero-order chi connectivity index (χ0) is 23.7. The van der Waals surface area contributed by atoms with Crippen molar-refractivity contribution in [1.29, 1.82) is 0 Å². The quantitative estimate of drug-likeness (QED) is 0.398. The van der Waals surface area contributed by atoms with Gasteiger partial charge in [-0.05, 0) is 55.5 Å². The van der Waals surface area contributed by atoms with Crippen LogP contribution in [0, 0.1) is 6.92 Å². The fraction of sp³-hybridized carbons (Fsp3) is 0.120. The number of hydrogen-bond acceptors (Lipinski definition) is 7. The van der Waals surface area contributed by atoms with Gasteiger partial charge in [-0.3, -0.25) is 9.20 Å². The lowest BCUT2D eigenvalue weighted by Crippen LogP contribution is -2.14. The number of hydrogen-bond donors (Lipinski definition) is 1. The van der Waals surface area contributed by atoms with Crippen molar-refractivity contribution in [2.75, 3.05) is 19.5 Å². The number of amides is 1. The van der Waals surface area contributed by atoms with Crippen molar-refractivity contribution in [3.63, 3.8) is 0 Å². The molecule has 9 heteroatoms. The number of carbonyl (C=O) groups excluding carboxylic acids is 1. The summed E-state index contributed by atoms with van der Waals surface area (Å²) in [5.41, 5.74) is 3.09. The summed E-state index contributed by atoms with van der Waals surface area (Å²) in [4.78, 5) is 17.5. The van der Waals surface area contributed by atoms with E-state index in [2.05, 4.69) is 20.5 Å². The molecule has 0 aliphatic rings. The van der Waals surface area contributed by atoms with Crippen LogP contribution in [0.3, 0.4) is 0 Å². The normalized spacial score (nSPS) is 10.9. The lowest BCUT2D eigenvalue weighted by atomic mass is 10.1. The van der Waals surface area contributed by atoms with Gasteiger partial charge in [-0.2, -0.15) is 0 Å². The van der Waals surface area contributed by atoms with Gasteiger partial charge in [0.25, 0.3) is 11.8 Å². The van der Waals surface area contributed by atoms with Crippen molar-refractivity contribution < 1.29 is 19.0 Å². The number of carbonyl (C=O) groups is 1. The smallest absolute Gasteiger partial charge is 0.266 e. The van der Waals surface area contributed by atoms with Gasteiger partial charge >= 0.3 is 0 Å². The molecule has 0 spiro atoms. The van der Waals surface area contributed by atoms with Gasteiger partial charge in [0.1, 0.15) is 28.6 Å². The zero-order valence-corrected chi connectivity index (χ0v) is 18.8. The molecule has 0 aliphatic heterocycles. The summed E-state index contributed by atoms with van der Waals surface area (Å²) in [6.07, 6.45) is 0. The lowest BCUT2D eigenvalue weighted by molar-refractivity contribution is 0.102. The van der Waals surface area contributed by atoms with Gasteiger partial charge in [0.15, 0.2) is 0 Å². The van der Waals surface area contributed by atoms with E-state index in [9.17, 15) is 4.79 Å². The molecular formula is C25H21N5O4. The van der Waals surface area contributed by atoms with Crippen LogP contribution >= 0.6 is 0 Å². The first-order valence-electron chi connectivity index (χ1n) is 10.5. The Kier molecular flexibility index (Phi) is 5.43. The summed E-state index contributed by atoms with van der Waals surface area (Å²) in [5.74, 6) is 2.12. The molecule has 34 heavy (non-hydrogen) atoms. The van der Waals surface area contributed by atoms with Crippen molar-refractivity contribution in [1.82, 2.24) is 19.6 Å². The second-order valence-electron chi connectivity index (χ2n) is 7.43. The van der Waals surface area contributed by atoms with E-state index in [-0.39, 0.29) is 5.91 Å². The maximum atomic E-state index is 12.9. The minimum atomic E-state index is -0.347. The Balaban J connectivity index is 1.41. The highest BCUT2D eigenvalue weighted by atomic mass is 16.5. The molecule has 9 nitrogen and oxygen atoms in total. The van der Waals surface area contributed by atoms with E-state index >= 15 is 0 Å². The SMILES string of the molecule is COc1cccc(OC)c1C(=O)Nc1ccc(Oc2nc3ccccc3n3c(C)nnc23)cc1. The zero-order valence-electron chi connectivity index (χ0n) is 18.8. The van der Waals surface area contributed by atoms with Crippen LogP contribution in [0.4, 0.5) is 5.69 Å². The Morgan fingerprint density at radius 1 is 0.882 bits per heavy atom. The number of nitrogens with zero attached hydrogens (tertiary/aromatic N) is 4. The van der Waals surface area contributed by atoms with E-state index in [4.69, 9.17) is 14.2 Å². The summed E-state index contributed by atoms with van der Waals surface area (Å²) >= 11 is 0. The first-order valence-corrected chi connectivity index (χ1v) is 10.5. The predicted octanol–water partition coefficient (Wildman–Crippen LogP) is 4.65. The largest absolute Gasteiger partial charge is 0.496 e. The molecule has 0 saturated carbocycles. The molecule has 0 saturated heterocycles. The number of fused-ring (bicyclic) bond motifs is 3. The number of nitrogens with one attached hydrogen (secondary N) is 1. The van der Waals surface area contributed by atoms with Crippen LogP contribution in [0.2, 0.25) is 0 Å². The third-order valence-electron chi connectivity index (χ3n) is 5.34. The summed E-state index contributed by atoms with van der Waals surface area (Å²) in [5, 5.41) is 11.3. The Bertz CT molecular complexity index is 1490. The van der Waals surface area contributed by atoms with Crippen LogP contribution in [0.15, 0.2) is 66.7 Å². The van der Waals surface area contributed by atoms with Crippen LogP contribution in [0.1, 0.15) is 16.2 Å². The molecule has 0 fully saturated rings. The summed E-state index contributed by atoms with van der Waals surface area (Å²) < 4.78 is 18.6. The maximum absolute atomic E-state index is 12.9. The highest BCUT2D eigenvalue weighted by Crippen LogP contribution is 2.31. The Hall–Kier alpha value is -4.66. The van der Waals surface area contributed by atoms with Gasteiger partial charge in [0.2, 0.25) is 5.65 Å². The van der Waals surface area contributed by atoms with Crippen molar-refractivity contribution in [2.45, 2.75) is 6.92 Å². The number of methoxy groups -OCH3 is 2. The van der Waals surface area contributed by atoms with Gasteiger partial charge in [0, 0.05) is 5.69 Å². The first kappa shape index (κ1) is 21.2. The van der Waals surface area contributed by atoms with Crippen molar-refractivity contribution in [2.24, 2.45) is 0 Å².